The molecule has 30 heavy (non-hydrogen) atoms. The number of benzene rings is 1. The molecular weight excluding hydrogens is 382 g/mol. The highest BCUT2D eigenvalue weighted by Crippen LogP contribution is 2.50. The van der Waals surface area contributed by atoms with Gasteiger partial charge in [-0.3, -0.25) is 4.79 Å². The zero-order chi connectivity index (χ0) is 21.0. The van der Waals surface area contributed by atoms with Crippen molar-refractivity contribution in [3.8, 4) is 17.4 Å². The predicted octanol–water partition coefficient (Wildman–Crippen LogP) is 4.08. The molecule has 0 radical (unpaired) electrons. The largest absolute Gasteiger partial charge is 0.497 e. The van der Waals surface area contributed by atoms with E-state index in [0.717, 1.165) is 16.9 Å². The third kappa shape index (κ3) is 2.55. The number of fused-ring (bicyclic) bond motifs is 4. The van der Waals surface area contributed by atoms with Crippen LogP contribution >= 0.6 is 0 Å². The van der Waals surface area contributed by atoms with Crippen LogP contribution in [-0.2, 0) is 0 Å². The molecule has 1 unspecified atom stereocenters. The number of ether oxygens (including phenoxy) is 2. The van der Waals surface area contributed by atoms with Gasteiger partial charge in [0.05, 0.1) is 23.4 Å². The van der Waals surface area contributed by atoms with Crippen LogP contribution in [0.2, 0.25) is 0 Å². The second kappa shape index (κ2) is 6.59. The number of furan rings is 1. The molecule has 0 bridgehead atoms. The lowest BCUT2D eigenvalue weighted by atomic mass is 9.84. The molecule has 0 saturated heterocycles. The summed E-state index contributed by atoms with van der Waals surface area (Å²) in [4.78, 5) is 21.4. The van der Waals surface area contributed by atoms with E-state index >= 15 is 0 Å². The monoisotopic (exact) mass is 401 g/mol. The summed E-state index contributed by atoms with van der Waals surface area (Å²) < 4.78 is 17.3. The summed E-state index contributed by atoms with van der Waals surface area (Å²) in [6, 6.07) is 11.0. The Morgan fingerprint density at radius 1 is 1.00 bits per heavy atom. The predicted molar refractivity (Wildman–Crippen MR) is 112 cm³/mol. The van der Waals surface area contributed by atoms with Crippen molar-refractivity contribution in [3.05, 3.63) is 81.2 Å². The van der Waals surface area contributed by atoms with Crippen LogP contribution in [0.15, 0.2) is 51.9 Å². The number of aryl methyl sites for hydroxylation is 2. The summed E-state index contributed by atoms with van der Waals surface area (Å²) in [5.41, 5.74) is 8.54. The fourth-order valence-corrected chi connectivity index (χ4v) is 4.20. The van der Waals surface area contributed by atoms with Crippen LogP contribution in [0, 0.1) is 13.8 Å². The van der Waals surface area contributed by atoms with Crippen LogP contribution in [0.3, 0.4) is 0 Å². The van der Waals surface area contributed by atoms with Crippen molar-refractivity contribution in [1.29, 1.82) is 0 Å². The van der Waals surface area contributed by atoms with Crippen molar-refractivity contribution in [2.24, 2.45) is 0 Å². The first-order chi connectivity index (χ1) is 14.5. The zero-order valence-electron chi connectivity index (χ0n) is 16.7. The van der Waals surface area contributed by atoms with Crippen LogP contribution in [0.25, 0.3) is 10.8 Å². The average molecular weight is 401 g/mol. The maximum Gasteiger partial charge on any atom is 0.228 e. The lowest BCUT2D eigenvalue weighted by Gasteiger charge is -2.28. The Morgan fingerprint density at radius 2 is 1.73 bits per heavy atom. The Balaban J connectivity index is 1.89. The minimum Gasteiger partial charge on any atom is -0.497 e. The van der Waals surface area contributed by atoms with Gasteiger partial charge in [0.25, 0.3) is 0 Å². The molecule has 0 fully saturated rings. The van der Waals surface area contributed by atoms with Crippen LogP contribution in [0.1, 0.15) is 34.1 Å². The number of hydrogen-bond donors (Lipinski definition) is 1. The highest BCUT2D eigenvalue weighted by Gasteiger charge is 2.34. The molecule has 1 aliphatic rings. The molecule has 2 aromatic carbocycles. The zero-order valence-corrected chi connectivity index (χ0v) is 16.7. The van der Waals surface area contributed by atoms with E-state index < -0.39 is 0 Å². The van der Waals surface area contributed by atoms with Crippen molar-refractivity contribution >= 4 is 16.6 Å². The molecule has 1 aliphatic heterocycles. The van der Waals surface area contributed by atoms with E-state index in [1.165, 1.54) is 6.33 Å². The Morgan fingerprint density at radius 3 is 2.47 bits per heavy atom. The van der Waals surface area contributed by atoms with Crippen molar-refractivity contribution in [1.82, 2.24) is 9.97 Å². The summed E-state index contributed by atoms with van der Waals surface area (Å²) >= 11 is 0. The standard InChI is InChI=1S/C23H19N3O4/c1-11-17-16(27)9-8-15-19(13-4-6-14(28-3)7-5-13)20-22(24)25-10-26-23(20)30-21(15)18(17)12(2)29-11/h4-10,19H,1-3H3,(H2,24,25,26). The second-order valence-corrected chi connectivity index (χ2v) is 7.23. The van der Waals surface area contributed by atoms with Crippen molar-refractivity contribution in [2.75, 3.05) is 12.8 Å². The Kier molecular flexibility index (Phi) is 3.99. The molecule has 1 atom stereocenters. The molecule has 7 nitrogen and oxygen atoms in total. The Labute approximate surface area is 172 Å². The number of nitrogens with two attached hydrogens (primary N) is 1. The molecular formula is C23H19N3O4. The quantitative estimate of drug-likeness (QED) is 0.476. The van der Waals surface area contributed by atoms with Gasteiger partial charge in [0, 0.05) is 11.5 Å². The Hall–Kier alpha value is -3.87. The van der Waals surface area contributed by atoms with Gasteiger partial charge < -0.3 is 19.6 Å². The van der Waals surface area contributed by atoms with Gasteiger partial charge in [-0.15, -0.1) is 0 Å². The van der Waals surface area contributed by atoms with E-state index in [4.69, 9.17) is 19.6 Å². The highest BCUT2D eigenvalue weighted by molar-refractivity contribution is 5.93. The van der Waals surface area contributed by atoms with E-state index in [1.807, 2.05) is 31.2 Å². The number of rotatable bonds is 2. The summed E-state index contributed by atoms with van der Waals surface area (Å²) in [6.07, 6.45) is 1.37. The lowest BCUT2D eigenvalue weighted by molar-refractivity contribution is 0.414. The minimum atomic E-state index is -0.319. The van der Waals surface area contributed by atoms with E-state index in [1.54, 1.807) is 26.2 Å². The fraction of sp³-hybridized carbons (Fsp3) is 0.174. The topological polar surface area (TPSA) is 100 Å². The van der Waals surface area contributed by atoms with Gasteiger partial charge in [-0.1, -0.05) is 18.2 Å². The van der Waals surface area contributed by atoms with Crippen LogP contribution in [-0.4, -0.2) is 17.1 Å². The van der Waals surface area contributed by atoms with E-state index in [-0.39, 0.29) is 11.3 Å². The number of nitrogens with zero attached hydrogens (tertiary/aromatic N) is 2. The number of aromatic nitrogens is 2. The van der Waals surface area contributed by atoms with E-state index in [2.05, 4.69) is 9.97 Å². The number of hydrogen-bond acceptors (Lipinski definition) is 7. The third-order valence-corrected chi connectivity index (χ3v) is 5.54. The van der Waals surface area contributed by atoms with Crippen molar-refractivity contribution in [2.45, 2.75) is 19.8 Å². The first kappa shape index (κ1) is 18.2. The Bertz CT molecular complexity index is 1360. The molecule has 150 valence electrons. The maximum absolute atomic E-state index is 12.9. The molecule has 3 heterocycles. The van der Waals surface area contributed by atoms with Crippen LogP contribution in [0.4, 0.5) is 5.82 Å². The molecule has 7 heteroatoms. The van der Waals surface area contributed by atoms with Gasteiger partial charge in [0.15, 0.2) is 5.43 Å². The summed E-state index contributed by atoms with van der Waals surface area (Å²) in [5, 5.41) is 1.16. The smallest absolute Gasteiger partial charge is 0.228 e. The van der Waals surface area contributed by atoms with Gasteiger partial charge in [-0.25, -0.2) is 9.97 Å². The maximum atomic E-state index is 12.9. The van der Waals surface area contributed by atoms with Gasteiger partial charge in [-0.05, 0) is 37.6 Å². The molecule has 2 aromatic heterocycles. The van der Waals surface area contributed by atoms with Gasteiger partial charge in [0.2, 0.25) is 5.88 Å². The van der Waals surface area contributed by atoms with Crippen molar-refractivity contribution < 1.29 is 13.9 Å². The molecule has 4 aromatic rings. The van der Waals surface area contributed by atoms with Crippen LogP contribution < -0.4 is 20.6 Å². The molecule has 0 aliphatic carbocycles. The van der Waals surface area contributed by atoms with E-state index in [0.29, 0.717) is 45.3 Å². The minimum absolute atomic E-state index is 0.131. The number of nitrogen functional groups attached to an aromatic ring is 1. The highest BCUT2D eigenvalue weighted by atomic mass is 16.5. The summed E-state index contributed by atoms with van der Waals surface area (Å²) in [5.74, 6) is 2.85. The first-order valence-corrected chi connectivity index (χ1v) is 9.48. The van der Waals surface area contributed by atoms with E-state index in [9.17, 15) is 4.79 Å². The van der Waals surface area contributed by atoms with Crippen LogP contribution in [0.5, 0.6) is 17.4 Å². The van der Waals surface area contributed by atoms with Gasteiger partial charge in [0.1, 0.15) is 35.2 Å². The third-order valence-electron chi connectivity index (χ3n) is 5.54. The van der Waals surface area contributed by atoms with Crippen molar-refractivity contribution in [3.63, 3.8) is 0 Å². The number of methoxy groups -OCH3 is 1. The lowest BCUT2D eigenvalue weighted by Crippen LogP contribution is -2.15. The molecule has 0 amide bonds. The molecule has 0 spiro atoms. The molecule has 2 N–H and O–H groups in total. The SMILES string of the molecule is COc1ccc(C2c3ccc(=O)c4c(C)oc(C)c4c3Oc3ncnc(N)c32)cc1. The normalized spacial score (nSPS) is 14.7. The first-order valence-electron chi connectivity index (χ1n) is 9.48. The summed E-state index contributed by atoms with van der Waals surface area (Å²) in [7, 11) is 1.62. The average Bonchev–Trinajstić information content (AvgIpc) is 2.95. The van der Waals surface area contributed by atoms with Gasteiger partial charge >= 0.3 is 0 Å². The second-order valence-electron chi connectivity index (χ2n) is 7.23. The molecule has 5 rings (SSSR count). The fourth-order valence-electron chi connectivity index (χ4n) is 4.20. The number of anilines is 1. The molecule has 0 saturated carbocycles. The van der Waals surface area contributed by atoms with Gasteiger partial charge in [-0.2, -0.15) is 0 Å². The summed E-state index contributed by atoms with van der Waals surface area (Å²) in [6.45, 7) is 3.60.